The SMILES string of the molecule is NC1=N[C@H](c2ccc(-c3cccc(F)c3)s2)n2c(nc3ccccc32)N1. The van der Waals surface area contributed by atoms with Crippen LogP contribution in [0.5, 0.6) is 0 Å². The number of hydrogen-bond acceptors (Lipinski definition) is 5. The molecule has 4 aromatic rings. The highest BCUT2D eigenvalue weighted by Gasteiger charge is 2.26. The second-order valence-corrected chi connectivity index (χ2v) is 7.13. The highest BCUT2D eigenvalue weighted by atomic mass is 32.1. The number of halogens is 1. The summed E-state index contributed by atoms with van der Waals surface area (Å²) in [7, 11) is 0. The first kappa shape index (κ1) is 15.1. The van der Waals surface area contributed by atoms with E-state index in [0.717, 1.165) is 26.4 Å². The number of nitrogens with two attached hydrogens (primary N) is 1. The van der Waals surface area contributed by atoms with Gasteiger partial charge in [-0.15, -0.1) is 11.3 Å². The third-order valence-corrected chi connectivity index (χ3v) is 5.51. The maximum atomic E-state index is 13.5. The largest absolute Gasteiger partial charge is 0.370 e. The zero-order valence-corrected chi connectivity index (χ0v) is 14.4. The Labute approximate surface area is 152 Å². The number of hydrogen-bond donors (Lipinski definition) is 2. The quantitative estimate of drug-likeness (QED) is 0.561. The normalized spacial score (nSPS) is 16.2. The molecule has 5 rings (SSSR count). The van der Waals surface area contributed by atoms with Gasteiger partial charge in [-0.25, -0.2) is 14.4 Å². The van der Waals surface area contributed by atoms with Gasteiger partial charge in [0.2, 0.25) is 5.95 Å². The van der Waals surface area contributed by atoms with Gasteiger partial charge >= 0.3 is 0 Å². The molecule has 26 heavy (non-hydrogen) atoms. The third kappa shape index (κ3) is 2.36. The maximum absolute atomic E-state index is 13.5. The number of thiophene rings is 1. The van der Waals surface area contributed by atoms with Crippen molar-refractivity contribution in [3.05, 3.63) is 71.4 Å². The van der Waals surface area contributed by atoms with Gasteiger partial charge in [0.05, 0.1) is 15.9 Å². The van der Waals surface area contributed by atoms with Crippen molar-refractivity contribution >= 4 is 34.3 Å². The average Bonchev–Trinajstić information content (AvgIpc) is 3.25. The van der Waals surface area contributed by atoms with Crippen LogP contribution in [0.25, 0.3) is 21.5 Å². The highest BCUT2D eigenvalue weighted by molar-refractivity contribution is 7.15. The van der Waals surface area contributed by atoms with Gasteiger partial charge in [0.15, 0.2) is 12.1 Å². The fraction of sp³-hybridized carbons (Fsp3) is 0.0526. The Morgan fingerprint density at radius 2 is 1.96 bits per heavy atom. The molecule has 0 amide bonds. The summed E-state index contributed by atoms with van der Waals surface area (Å²) >= 11 is 1.57. The van der Waals surface area contributed by atoms with Crippen molar-refractivity contribution in [2.24, 2.45) is 10.7 Å². The van der Waals surface area contributed by atoms with Crippen molar-refractivity contribution in [2.75, 3.05) is 5.32 Å². The number of nitrogens with zero attached hydrogens (tertiary/aromatic N) is 3. The lowest BCUT2D eigenvalue weighted by Gasteiger charge is -2.22. The van der Waals surface area contributed by atoms with Gasteiger partial charge in [-0.05, 0) is 42.0 Å². The van der Waals surface area contributed by atoms with Crippen molar-refractivity contribution in [3.63, 3.8) is 0 Å². The lowest BCUT2D eigenvalue weighted by Crippen LogP contribution is -2.31. The van der Waals surface area contributed by atoms with Crippen LogP contribution >= 0.6 is 11.3 Å². The average molecular weight is 363 g/mol. The summed E-state index contributed by atoms with van der Waals surface area (Å²) < 4.78 is 15.6. The number of aromatic nitrogens is 2. The number of aliphatic imine (C=N–C) groups is 1. The molecular weight excluding hydrogens is 349 g/mol. The highest BCUT2D eigenvalue weighted by Crippen LogP contribution is 2.38. The molecule has 2 aromatic carbocycles. The molecule has 0 bridgehead atoms. The number of fused-ring (bicyclic) bond motifs is 3. The Bertz CT molecular complexity index is 1160. The summed E-state index contributed by atoms with van der Waals surface area (Å²) in [5.74, 6) is 0.757. The number of benzene rings is 2. The van der Waals surface area contributed by atoms with Gasteiger partial charge in [-0.3, -0.25) is 9.88 Å². The Balaban J connectivity index is 1.64. The molecule has 0 aliphatic carbocycles. The molecule has 0 fully saturated rings. The summed E-state index contributed by atoms with van der Waals surface area (Å²) in [6, 6.07) is 18.5. The molecule has 0 spiro atoms. The van der Waals surface area contributed by atoms with Crippen LogP contribution < -0.4 is 11.1 Å². The molecule has 1 atom stereocenters. The van der Waals surface area contributed by atoms with Crippen LogP contribution in [0.1, 0.15) is 11.0 Å². The van der Waals surface area contributed by atoms with Gasteiger partial charge < -0.3 is 5.73 Å². The number of rotatable bonds is 2. The second kappa shape index (κ2) is 5.67. The van der Waals surface area contributed by atoms with Crippen LogP contribution in [0.2, 0.25) is 0 Å². The van der Waals surface area contributed by atoms with Crippen molar-refractivity contribution in [2.45, 2.75) is 6.17 Å². The summed E-state index contributed by atoms with van der Waals surface area (Å²) in [4.78, 5) is 11.2. The van der Waals surface area contributed by atoms with Crippen LogP contribution in [0.3, 0.4) is 0 Å². The number of anilines is 1. The fourth-order valence-corrected chi connectivity index (χ4v) is 4.23. The molecule has 7 heteroatoms. The van der Waals surface area contributed by atoms with E-state index in [1.807, 2.05) is 47.0 Å². The Hall–Kier alpha value is -3.19. The Morgan fingerprint density at radius 3 is 2.85 bits per heavy atom. The van der Waals surface area contributed by atoms with E-state index in [1.165, 1.54) is 12.1 Å². The summed E-state index contributed by atoms with van der Waals surface area (Å²) in [6.07, 6.45) is -0.300. The van der Waals surface area contributed by atoms with E-state index in [1.54, 1.807) is 17.4 Å². The first-order valence-electron chi connectivity index (χ1n) is 8.12. The standard InChI is InChI=1S/C19H14FN5S/c20-12-5-3-4-11(10-12)15-8-9-16(26-15)17-23-18(21)24-19-22-13-6-1-2-7-14(13)25(17)19/h1-10,17H,(H3,21,22,23,24)/t17-/m0/s1. The molecule has 0 unspecified atom stereocenters. The number of guanidine groups is 1. The topological polar surface area (TPSA) is 68.2 Å². The zero-order chi connectivity index (χ0) is 17.7. The van der Waals surface area contributed by atoms with Crippen molar-refractivity contribution in [1.29, 1.82) is 0 Å². The molecule has 5 nitrogen and oxygen atoms in total. The number of para-hydroxylation sites is 2. The Kier molecular flexibility index (Phi) is 3.29. The predicted molar refractivity (Wildman–Crippen MR) is 103 cm³/mol. The third-order valence-electron chi connectivity index (χ3n) is 4.33. The van der Waals surface area contributed by atoms with Crippen LogP contribution in [-0.2, 0) is 0 Å². The molecule has 3 N–H and O–H groups in total. The molecule has 128 valence electrons. The van der Waals surface area contributed by atoms with Crippen LogP contribution in [-0.4, -0.2) is 15.5 Å². The molecule has 1 aliphatic heterocycles. The smallest absolute Gasteiger partial charge is 0.212 e. The lowest BCUT2D eigenvalue weighted by molar-refractivity contribution is 0.628. The van der Waals surface area contributed by atoms with Crippen molar-refractivity contribution < 1.29 is 4.39 Å². The van der Waals surface area contributed by atoms with E-state index in [-0.39, 0.29) is 12.0 Å². The fourth-order valence-electron chi connectivity index (χ4n) is 3.20. The van der Waals surface area contributed by atoms with E-state index in [2.05, 4.69) is 15.3 Å². The minimum absolute atomic E-state index is 0.246. The molecule has 0 radical (unpaired) electrons. The molecule has 2 aromatic heterocycles. The van der Waals surface area contributed by atoms with Crippen LogP contribution in [0, 0.1) is 5.82 Å². The van der Waals surface area contributed by atoms with Gasteiger partial charge in [0.25, 0.3) is 0 Å². The van der Waals surface area contributed by atoms with Gasteiger partial charge in [0, 0.05) is 4.88 Å². The first-order chi connectivity index (χ1) is 12.7. The number of nitrogens with one attached hydrogen (secondary N) is 1. The molecule has 1 aliphatic rings. The van der Waals surface area contributed by atoms with E-state index < -0.39 is 0 Å². The molecule has 3 heterocycles. The monoisotopic (exact) mass is 363 g/mol. The minimum atomic E-state index is -0.300. The van der Waals surface area contributed by atoms with Crippen molar-refractivity contribution in [3.8, 4) is 10.4 Å². The lowest BCUT2D eigenvalue weighted by atomic mass is 10.2. The molecule has 0 saturated heterocycles. The molecular formula is C19H14FN5S. The van der Waals surface area contributed by atoms with Crippen LogP contribution in [0.15, 0.2) is 65.7 Å². The number of imidazole rings is 1. The summed E-state index contributed by atoms with van der Waals surface area (Å²) in [6.45, 7) is 0. The van der Waals surface area contributed by atoms with Gasteiger partial charge in [-0.2, -0.15) is 0 Å². The summed E-state index contributed by atoms with van der Waals surface area (Å²) in [5.41, 5.74) is 8.69. The van der Waals surface area contributed by atoms with E-state index in [9.17, 15) is 4.39 Å². The first-order valence-corrected chi connectivity index (χ1v) is 8.93. The zero-order valence-electron chi connectivity index (χ0n) is 13.6. The molecule has 0 saturated carbocycles. The predicted octanol–water partition coefficient (Wildman–Crippen LogP) is 4.19. The summed E-state index contributed by atoms with van der Waals surface area (Å²) in [5, 5.41) is 3.03. The maximum Gasteiger partial charge on any atom is 0.212 e. The van der Waals surface area contributed by atoms with Crippen LogP contribution in [0.4, 0.5) is 10.3 Å². The van der Waals surface area contributed by atoms with Gasteiger partial charge in [-0.1, -0.05) is 24.3 Å². The Morgan fingerprint density at radius 1 is 1.08 bits per heavy atom. The van der Waals surface area contributed by atoms with E-state index >= 15 is 0 Å². The van der Waals surface area contributed by atoms with Crippen molar-refractivity contribution in [1.82, 2.24) is 9.55 Å². The van der Waals surface area contributed by atoms with Gasteiger partial charge in [0.1, 0.15) is 5.82 Å². The van der Waals surface area contributed by atoms with E-state index in [4.69, 9.17) is 5.73 Å². The minimum Gasteiger partial charge on any atom is -0.370 e. The second-order valence-electron chi connectivity index (χ2n) is 6.02. The van der Waals surface area contributed by atoms with E-state index in [0.29, 0.717) is 11.9 Å².